The maximum Gasteiger partial charge on any atom is 0.317 e. The number of rotatable bonds is 3. The van der Waals surface area contributed by atoms with Gasteiger partial charge in [-0.2, -0.15) is 0 Å². The lowest BCUT2D eigenvalue weighted by Crippen LogP contribution is -2.47. The third kappa shape index (κ3) is 2.96. The fourth-order valence-corrected chi connectivity index (χ4v) is 2.45. The van der Waals surface area contributed by atoms with Crippen LogP contribution in [0.4, 0.5) is 0 Å². The lowest BCUT2D eigenvalue weighted by atomic mass is 9.73. The quantitative estimate of drug-likeness (QED) is 0.658. The molecule has 0 saturated carbocycles. The van der Waals surface area contributed by atoms with Gasteiger partial charge >= 0.3 is 5.97 Å². The molecule has 0 aliphatic carbocycles. The normalized spacial score (nSPS) is 17.3. The number of carboxylic acids is 1. The Kier molecular flexibility index (Phi) is 5.09. The van der Waals surface area contributed by atoms with E-state index in [0.29, 0.717) is 31.5 Å². The fraction of sp³-hybridized carbons (Fsp3) is 0.429. The van der Waals surface area contributed by atoms with Gasteiger partial charge in [0.2, 0.25) is 0 Å². The second kappa shape index (κ2) is 6.17. The largest absolute Gasteiger partial charge is 0.480 e. The summed E-state index contributed by atoms with van der Waals surface area (Å²) in [5, 5.41) is 12.5. The van der Waals surface area contributed by atoms with E-state index in [1.165, 1.54) is 0 Å². The molecule has 0 amide bonds. The van der Waals surface area contributed by atoms with Crippen molar-refractivity contribution in [1.82, 2.24) is 5.32 Å². The van der Waals surface area contributed by atoms with Gasteiger partial charge in [0.25, 0.3) is 0 Å². The zero-order valence-electron chi connectivity index (χ0n) is 10.8. The van der Waals surface area contributed by atoms with Gasteiger partial charge < -0.3 is 10.4 Å². The summed E-state index contributed by atoms with van der Waals surface area (Å²) in [5.74, 6) is -1.27. The molecule has 1 fully saturated rings. The highest BCUT2D eigenvalue weighted by molar-refractivity contribution is 6.12. The van der Waals surface area contributed by atoms with E-state index >= 15 is 0 Å². The van der Waals surface area contributed by atoms with Gasteiger partial charge in [0.15, 0.2) is 5.78 Å². The van der Waals surface area contributed by atoms with Crippen molar-refractivity contribution in [3.05, 3.63) is 35.4 Å². The van der Waals surface area contributed by atoms with E-state index < -0.39 is 11.4 Å². The number of benzene rings is 1. The van der Waals surface area contributed by atoms with Crippen LogP contribution in [0.2, 0.25) is 0 Å². The van der Waals surface area contributed by atoms with E-state index in [1.54, 1.807) is 18.2 Å². The van der Waals surface area contributed by atoms with Gasteiger partial charge in [0.1, 0.15) is 5.41 Å². The van der Waals surface area contributed by atoms with Gasteiger partial charge in [0, 0.05) is 5.56 Å². The minimum Gasteiger partial charge on any atom is -0.480 e. The summed E-state index contributed by atoms with van der Waals surface area (Å²) in [7, 11) is 0. The molecule has 1 aliphatic heterocycles. The second-order valence-corrected chi connectivity index (χ2v) is 4.84. The highest BCUT2D eigenvalue weighted by Gasteiger charge is 2.46. The number of aryl methyl sites for hydroxylation is 1. The summed E-state index contributed by atoms with van der Waals surface area (Å²) in [6.45, 7) is 3.04. The molecule has 0 radical (unpaired) electrons. The zero-order chi connectivity index (χ0) is 13.2. The van der Waals surface area contributed by atoms with Crippen LogP contribution < -0.4 is 5.32 Å². The minimum absolute atomic E-state index is 0. The Labute approximate surface area is 118 Å². The van der Waals surface area contributed by atoms with Crippen LogP contribution in [0.15, 0.2) is 24.3 Å². The number of ketones is 1. The molecule has 2 rings (SSSR count). The van der Waals surface area contributed by atoms with Crippen LogP contribution >= 0.6 is 12.4 Å². The van der Waals surface area contributed by atoms with Crippen molar-refractivity contribution in [2.24, 2.45) is 5.41 Å². The minimum atomic E-state index is -1.25. The van der Waals surface area contributed by atoms with Crippen LogP contribution in [0.3, 0.4) is 0 Å². The van der Waals surface area contributed by atoms with Crippen molar-refractivity contribution in [2.75, 3.05) is 13.1 Å². The first kappa shape index (κ1) is 15.7. The number of carboxylic acid groups (broad SMARTS) is 1. The lowest BCUT2D eigenvalue weighted by Gasteiger charge is -2.32. The fourth-order valence-electron chi connectivity index (χ4n) is 2.45. The summed E-state index contributed by atoms with van der Waals surface area (Å²) >= 11 is 0. The summed E-state index contributed by atoms with van der Waals surface area (Å²) in [4.78, 5) is 24.0. The Bertz CT molecular complexity index is 481. The van der Waals surface area contributed by atoms with E-state index in [2.05, 4.69) is 5.32 Å². The zero-order valence-corrected chi connectivity index (χ0v) is 11.6. The number of carbonyl (C=O) groups excluding carboxylic acids is 1. The van der Waals surface area contributed by atoms with Crippen molar-refractivity contribution in [3.63, 3.8) is 0 Å². The molecule has 0 aromatic heterocycles. The molecule has 1 aliphatic rings. The number of nitrogens with one attached hydrogen (secondary N) is 1. The molecular formula is C14H18ClNO3. The standard InChI is InChI=1S/C14H17NO3.ClH/c1-10-3-2-4-11(9-10)12(16)14(13(17)18)5-7-15-8-6-14;/h2-4,9,15H,5-8H2,1H3,(H,17,18);1H. The Morgan fingerprint density at radius 1 is 1.26 bits per heavy atom. The lowest BCUT2D eigenvalue weighted by molar-refractivity contribution is -0.147. The molecule has 1 saturated heterocycles. The van der Waals surface area contributed by atoms with E-state index in [-0.39, 0.29) is 18.2 Å². The number of halogens is 1. The highest BCUT2D eigenvalue weighted by Crippen LogP contribution is 2.33. The van der Waals surface area contributed by atoms with Crippen molar-refractivity contribution in [1.29, 1.82) is 0 Å². The van der Waals surface area contributed by atoms with E-state index in [0.717, 1.165) is 5.56 Å². The number of carbonyl (C=O) groups is 2. The molecule has 1 heterocycles. The smallest absolute Gasteiger partial charge is 0.317 e. The Morgan fingerprint density at radius 3 is 2.42 bits per heavy atom. The summed E-state index contributed by atoms with van der Waals surface area (Å²) in [6, 6.07) is 7.14. The molecule has 19 heavy (non-hydrogen) atoms. The molecular weight excluding hydrogens is 266 g/mol. The van der Waals surface area contributed by atoms with Crippen molar-refractivity contribution in [3.8, 4) is 0 Å². The maximum absolute atomic E-state index is 12.5. The molecule has 2 N–H and O–H groups in total. The van der Waals surface area contributed by atoms with E-state index in [1.807, 2.05) is 13.0 Å². The summed E-state index contributed by atoms with van der Waals surface area (Å²) in [5.41, 5.74) is 0.216. The predicted octanol–water partition coefficient (Wildman–Crippen LogP) is 2.05. The Morgan fingerprint density at radius 2 is 1.89 bits per heavy atom. The third-order valence-electron chi connectivity index (χ3n) is 3.58. The molecule has 4 nitrogen and oxygen atoms in total. The molecule has 5 heteroatoms. The van der Waals surface area contributed by atoms with Crippen molar-refractivity contribution >= 4 is 24.2 Å². The average Bonchev–Trinajstić information content (AvgIpc) is 2.38. The molecule has 0 unspecified atom stereocenters. The summed E-state index contributed by atoms with van der Waals surface area (Å²) in [6.07, 6.45) is 0.713. The maximum atomic E-state index is 12.5. The van der Waals surface area contributed by atoms with Crippen LogP contribution in [0.25, 0.3) is 0 Å². The van der Waals surface area contributed by atoms with Crippen LogP contribution in [0, 0.1) is 12.3 Å². The molecule has 1 aromatic rings. The van der Waals surface area contributed by atoms with Crippen LogP contribution in [0.1, 0.15) is 28.8 Å². The molecule has 0 atom stereocenters. The number of hydrogen-bond donors (Lipinski definition) is 2. The van der Waals surface area contributed by atoms with Gasteiger partial charge in [-0.15, -0.1) is 12.4 Å². The predicted molar refractivity (Wildman–Crippen MR) is 74.9 cm³/mol. The van der Waals surface area contributed by atoms with Crippen LogP contribution in [-0.2, 0) is 4.79 Å². The van der Waals surface area contributed by atoms with Crippen LogP contribution in [0.5, 0.6) is 0 Å². The van der Waals surface area contributed by atoms with Gasteiger partial charge in [-0.25, -0.2) is 0 Å². The SMILES string of the molecule is Cc1cccc(C(=O)C2(C(=O)O)CCNCC2)c1.Cl. The Balaban J connectivity index is 0.00000180. The summed E-state index contributed by atoms with van der Waals surface area (Å²) < 4.78 is 0. The number of Topliss-reactive ketones (excluding diaryl/α,β-unsaturated/α-hetero) is 1. The first-order chi connectivity index (χ1) is 8.56. The average molecular weight is 284 g/mol. The third-order valence-corrected chi connectivity index (χ3v) is 3.58. The van der Waals surface area contributed by atoms with Gasteiger partial charge in [0.05, 0.1) is 0 Å². The Hall–Kier alpha value is -1.39. The molecule has 104 valence electrons. The first-order valence-corrected chi connectivity index (χ1v) is 6.12. The van der Waals surface area contributed by atoms with Crippen molar-refractivity contribution < 1.29 is 14.7 Å². The number of hydrogen-bond acceptors (Lipinski definition) is 3. The molecule has 1 aromatic carbocycles. The monoisotopic (exact) mass is 283 g/mol. The highest BCUT2D eigenvalue weighted by atomic mass is 35.5. The topological polar surface area (TPSA) is 66.4 Å². The van der Waals surface area contributed by atoms with Gasteiger partial charge in [-0.05, 0) is 38.9 Å². The molecule has 0 bridgehead atoms. The first-order valence-electron chi connectivity index (χ1n) is 6.12. The second-order valence-electron chi connectivity index (χ2n) is 4.84. The van der Waals surface area contributed by atoms with Gasteiger partial charge in [-0.3, -0.25) is 9.59 Å². The van der Waals surface area contributed by atoms with Gasteiger partial charge in [-0.1, -0.05) is 23.8 Å². The number of aliphatic carboxylic acids is 1. The van der Waals surface area contributed by atoms with Crippen LogP contribution in [-0.4, -0.2) is 29.9 Å². The number of piperidine rings is 1. The van der Waals surface area contributed by atoms with E-state index in [4.69, 9.17) is 0 Å². The molecule has 0 spiro atoms. The van der Waals surface area contributed by atoms with E-state index in [9.17, 15) is 14.7 Å². The van der Waals surface area contributed by atoms with Crippen molar-refractivity contribution in [2.45, 2.75) is 19.8 Å².